The van der Waals surface area contributed by atoms with Crippen LogP contribution in [0.25, 0.3) is 0 Å². The molecule has 1 amide bonds. The number of rotatable bonds is 2. The van der Waals surface area contributed by atoms with Crippen LogP contribution < -0.4 is 0 Å². The van der Waals surface area contributed by atoms with Crippen LogP contribution in [0, 0.1) is 5.89 Å². The summed E-state index contributed by atoms with van der Waals surface area (Å²) < 4.78 is 29.9. The van der Waals surface area contributed by atoms with Gasteiger partial charge in [-0.2, -0.15) is 0 Å². The Hall–Kier alpha value is -0.770. The van der Waals surface area contributed by atoms with Crippen molar-refractivity contribution in [2.45, 2.75) is 52.2 Å². The highest BCUT2D eigenvalue weighted by Crippen LogP contribution is 2.30. The lowest BCUT2D eigenvalue weighted by molar-refractivity contribution is 0.00104. The fourth-order valence-corrected chi connectivity index (χ4v) is 2.05. The van der Waals surface area contributed by atoms with Crippen molar-refractivity contribution in [1.29, 1.82) is 0 Å². The first-order chi connectivity index (χ1) is 9.46. The minimum absolute atomic E-state index is 0.119. The first-order valence-electron chi connectivity index (χ1n) is 8.21. The molecule has 2 aliphatic rings. The number of piperazine rings is 1. The maximum absolute atomic E-state index is 12.1. The van der Waals surface area contributed by atoms with Gasteiger partial charge in [-0.3, -0.25) is 4.90 Å². The van der Waals surface area contributed by atoms with E-state index in [0.717, 1.165) is 0 Å². The third-order valence-electron chi connectivity index (χ3n) is 3.07. The fraction of sp³-hybridized carbons (Fsp3) is 0.929. The molecule has 0 bridgehead atoms. The van der Waals surface area contributed by atoms with Crippen LogP contribution in [-0.4, -0.2) is 53.7 Å². The molecule has 0 unspecified atom stereocenters. The molecule has 0 spiro atoms. The number of carbonyl (C=O) groups excluding carboxylic acids is 1. The molecule has 1 atom stereocenters. The second kappa shape index (κ2) is 5.08. The van der Waals surface area contributed by atoms with E-state index in [-0.39, 0.29) is 12.1 Å². The van der Waals surface area contributed by atoms with E-state index >= 15 is 0 Å². The van der Waals surface area contributed by atoms with E-state index in [1.54, 1.807) is 9.80 Å². The molecule has 18 heavy (non-hydrogen) atoms. The molecule has 0 radical (unpaired) electrons. The largest absolute Gasteiger partial charge is 0.444 e. The molecule has 4 nitrogen and oxygen atoms in total. The summed E-state index contributed by atoms with van der Waals surface area (Å²) in [5, 5.41) is 0. The molecule has 0 aromatic carbocycles. The zero-order chi connectivity index (χ0) is 16.1. The smallest absolute Gasteiger partial charge is 0.410 e. The van der Waals surface area contributed by atoms with E-state index in [4.69, 9.17) is 8.85 Å². The monoisotopic (exact) mass is 257 g/mol. The number of amides is 1. The zero-order valence-corrected chi connectivity index (χ0v) is 11.8. The molecule has 1 heterocycles. The van der Waals surface area contributed by atoms with E-state index < -0.39 is 18.0 Å². The molecule has 4 heteroatoms. The normalized spacial score (nSPS) is 31.2. The second-order valence-electron chi connectivity index (χ2n) is 6.18. The molecule has 104 valence electrons. The topological polar surface area (TPSA) is 32.8 Å². The molecule has 1 aliphatic heterocycles. The van der Waals surface area contributed by atoms with Gasteiger partial charge in [-0.15, -0.1) is 0 Å². The average molecular weight is 257 g/mol. The lowest BCUT2D eigenvalue weighted by Gasteiger charge is -2.40. The molecule has 1 saturated heterocycles. The van der Waals surface area contributed by atoms with Gasteiger partial charge in [0.2, 0.25) is 0 Å². The standard InChI is InChI=1S/C14H26N2O2/c1-11-9-15(10-12-5-6-12)7-8-16(11)13(17)18-14(2,3)4/h11-12H,5-10H2,1-4H3/t11-/m0/s1/i10D2,12D. The van der Waals surface area contributed by atoms with Crippen LogP contribution in [0.15, 0.2) is 0 Å². The zero-order valence-electron chi connectivity index (χ0n) is 14.8. The third-order valence-corrected chi connectivity index (χ3v) is 3.07. The lowest BCUT2D eigenvalue weighted by Crippen LogP contribution is -2.55. The Balaban J connectivity index is 1.98. The summed E-state index contributed by atoms with van der Waals surface area (Å²) >= 11 is 0. The number of ether oxygens (including phenoxy) is 1. The molecule has 0 aromatic rings. The molecule has 1 saturated carbocycles. The van der Waals surface area contributed by atoms with Crippen molar-refractivity contribution in [2.75, 3.05) is 26.1 Å². The number of hydrogen-bond acceptors (Lipinski definition) is 3. The van der Waals surface area contributed by atoms with Gasteiger partial charge in [-0.05, 0) is 46.4 Å². The predicted molar refractivity (Wildman–Crippen MR) is 71.6 cm³/mol. The predicted octanol–water partition coefficient (Wildman–Crippen LogP) is 2.34. The molecule has 0 aromatic heterocycles. The van der Waals surface area contributed by atoms with Gasteiger partial charge in [-0.1, -0.05) is 0 Å². The van der Waals surface area contributed by atoms with Crippen LogP contribution in [0.4, 0.5) is 4.79 Å². The van der Waals surface area contributed by atoms with Gasteiger partial charge in [0.25, 0.3) is 0 Å². The summed E-state index contributed by atoms with van der Waals surface area (Å²) in [7, 11) is 0. The average Bonchev–Trinajstić information content (AvgIpc) is 3.06. The van der Waals surface area contributed by atoms with Crippen LogP contribution >= 0.6 is 0 Å². The SMILES string of the molecule is [2H]C1(C([2H])([2H])N2CCN(C(=O)OC(C)(C)C)[C@@H](C)C2)CC1. The summed E-state index contributed by atoms with van der Waals surface area (Å²) in [5.41, 5.74) is -0.526. The summed E-state index contributed by atoms with van der Waals surface area (Å²) in [6, 6.07) is -0.119. The van der Waals surface area contributed by atoms with Crippen LogP contribution in [-0.2, 0) is 4.74 Å². The Bertz CT molecular complexity index is 419. The van der Waals surface area contributed by atoms with Gasteiger partial charge < -0.3 is 9.64 Å². The van der Waals surface area contributed by atoms with Crippen LogP contribution in [0.3, 0.4) is 0 Å². The molecule has 1 aliphatic carbocycles. The Morgan fingerprint density at radius 2 is 2.11 bits per heavy atom. The van der Waals surface area contributed by atoms with Gasteiger partial charge in [0.1, 0.15) is 5.60 Å². The number of carbonyl (C=O) groups is 1. The Morgan fingerprint density at radius 1 is 1.44 bits per heavy atom. The van der Waals surface area contributed by atoms with Crippen molar-refractivity contribution in [3.63, 3.8) is 0 Å². The summed E-state index contributed by atoms with van der Waals surface area (Å²) in [4.78, 5) is 15.5. The van der Waals surface area contributed by atoms with Crippen molar-refractivity contribution in [2.24, 2.45) is 5.89 Å². The van der Waals surface area contributed by atoms with Crippen molar-refractivity contribution in [1.82, 2.24) is 9.80 Å². The van der Waals surface area contributed by atoms with E-state index in [1.165, 1.54) is 0 Å². The van der Waals surface area contributed by atoms with E-state index in [1.807, 2.05) is 27.7 Å². The molecule has 2 fully saturated rings. The third kappa shape index (κ3) is 3.87. The van der Waals surface area contributed by atoms with Gasteiger partial charge in [0.15, 0.2) is 0 Å². The molecular weight excluding hydrogens is 228 g/mol. The molecular formula is C14H26N2O2. The Kier molecular flexibility index (Phi) is 2.84. The first-order valence-corrected chi connectivity index (χ1v) is 6.71. The highest BCUT2D eigenvalue weighted by Gasteiger charge is 2.33. The highest BCUT2D eigenvalue weighted by atomic mass is 16.6. The maximum atomic E-state index is 12.1. The van der Waals surface area contributed by atoms with Crippen molar-refractivity contribution < 1.29 is 13.6 Å². The van der Waals surface area contributed by atoms with E-state index in [9.17, 15) is 4.79 Å². The highest BCUT2D eigenvalue weighted by molar-refractivity contribution is 5.68. The number of hydrogen-bond donors (Lipinski definition) is 0. The minimum Gasteiger partial charge on any atom is -0.444 e. The molecule has 2 rings (SSSR count). The fourth-order valence-electron chi connectivity index (χ4n) is 2.05. The van der Waals surface area contributed by atoms with Crippen LogP contribution in [0.5, 0.6) is 0 Å². The van der Waals surface area contributed by atoms with Gasteiger partial charge in [-0.25, -0.2) is 4.79 Å². The maximum Gasteiger partial charge on any atom is 0.410 e. The van der Waals surface area contributed by atoms with Gasteiger partial charge in [0, 0.05) is 36.3 Å². The Labute approximate surface area is 114 Å². The quantitative estimate of drug-likeness (QED) is 0.761. The van der Waals surface area contributed by atoms with E-state index in [2.05, 4.69) is 0 Å². The summed E-state index contributed by atoms with van der Waals surface area (Å²) in [6.07, 6.45) is 0.878. The van der Waals surface area contributed by atoms with Crippen molar-refractivity contribution in [3.05, 3.63) is 0 Å². The van der Waals surface area contributed by atoms with Crippen LogP contribution in [0.1, 0.15) is 44.6 Å². The summed E-state index contributed by atoms with van der Waals surface area (Å²) in [5.74, 6) is -0.971. The Morgan fingerprint density at radius 3 is 2.61 bits per heavy atom. The van der Waals surface area contributed by atoms with Crippen molar-refractivity contribution in [3.8, 4) is 0 Å². The first kappa shape index (κ1) is 10.1. The minimum atomic E-state index is -1.62. The van der Waals surface area contributed by atoms with Crippen molar-refractivity contribution >= 4 is 6.09 Å². The van der Waals surface area contributed by atoms with Gasteiger partial charge in [0.05, 0.1) is 0 Å². The van der Waals surface area contributed by atoms with E-state index in [0.29, 0.717) is 32.5 Å². The van der Waals surface area contributed by atoms with Gasteiger partial charge >= 0.3 is 6.09 Å². The molecule has 0 N–H and O–H groups in total. The number of nitrogens with zero attached hydrogens (tertiary/aromatic N) is 2. The van der Waals surface area contributed by atoms with Crippen LogP contribution in [0.2, 0.25) is 0 Å². The lowest BCUT2D eigenvalue weighted by atomic mass is 10.2. The second-order valence-corrected chi connectivity index (χ2v) is 6.18. The summed E-state index contributed by atoms with van der Waals surface area (Å²) in [6.45, 7) is 7.09.